The molecule has 1 unspecified atom stereocenters. The van der Waals surface area contributed by atoms with Crippen LogP contribution in [0.2, 0.25) is 5.02 Å². The van der Waals surface area contributed by atoms with Gasteiger partial charge in [0.2, 0.25) is 0 Å². The number of anilines is 1. The van der Waals surface area contributed by atoms with Crippen LogP contribution in [0.4, 0.5) is 5.82 Å². The van der Waals surface area contributed by atoms with Crippen molar-refractivity contribution in [1.29, 1.82) is 0 Å². The number of hydrogen-bond acceptors (Lipinski definition) is 5. The molecule has 1 aliphatic heterocycles. The molecule has 0 radical (unpaired) electrons. The number of hydrogen-bond donors (Lipinski definition) is 1. The number of aliphatic hydroxyl groups is 1. The molecule has 1 saturated heterocycles. The predicted octanol–water partition coefficient (Wildman–Crippen LogP) is 0.968. The van der Waals surface area contributed by atoms with Gasteiger partial charge in [-0.05, 0) is 18.6 Å². The lowest BCUT2D eigenvalue weighted by atomic mass is 10.0. The van der Waals surface area contributed by atoms with Crippen LogP contribution in [0.1, 0.15) is 6.42 Å². The Labute approximate surface area is 115 Å². The first-order valence-electron chi connectivity index (χ1n) is 6.08. The lowest BCUT2D eigenvalue weighted by molar-refractivity contribution is 0.0408. The molecular weight excluding hydrogens is 266 g/mol. The standard InChI is InChI=1S/C12H14ClN5O/c13-10-1-2-11(14-7-10)17-5-3-12(19,8-17)9-18-6-4-15-16-18/h1-2,4,6-7,19H,3,5,8-9H2. The smallest absolute Gasteiger partial charge is 0.128 e. The summed E-state index contributed by atoms with van der Waals surface area (Å²) in [5.41, 5.74) is -0.797. The molecule has 1 fully saturated rings. The molecule has 1 aliphatic rings. The Bertz CT molecular complexity index is 544. The second-order valence-electron chi connectivity index (χ2n) is 4.83. The average Bonchev–Trinajstić information content (AvgIpc) is 3.01. The Balaban J connectivity index is 1.70. The van der Waals surface area contributed by atoms with Crippen LogP contribution in [0.5, 0.6) is 0 Å². The fourth-order valence-corrected chi connectivity index (χ4v) is 2.47. The number of nitrogens with zero attached hydrogens (tertiary/aromatic N) is 5. The minimum atomic E-state index is -0.797. The number of rotatable bonds is 3. The van der Waals surface area contributed by atoms with Gasteiger partial charge in [0.05, 0.1) is 17.8 Å². The van der Waals surface area contributed by atoms with E-state index in [4.69, 9.17) is 11.6 Å². The summed E-state index contributed by atoms with van der Waals surface area (Å²) in [7, 11) is 0. The molecule has 6 nitrogen and oxygen atoms in total. The summed E-state index contributed by atoms with van der Waals surface area (Å²) >= 11 is 5.82. The van der Waals surface area contributed by atoms with Crippen LogP contribution >= 0.6 is 11.6 Å². The fraction of sp³-hybridized carbons (Fsp3) is 0.417. The van der Waals surface area contributed by atoms with Crippen LogP contribution in [0.15, 0.2) is 30.7 Å². The van der Waals surface area contributed by atoms with Crippen LogP contribution in [-0.2, 0) is 6.54 Å². The van der Waals surface area contributed by atoms with E-state index in [2.05, 4.69) is 15.3 Å². The van der Waals surface area contributed by atoms with Crippen LogP contribution in [0.3, 0.4) is 0 Å². The Morgan fingerprint density at radius 2 is 2.32 bits per heavy atom. The maximum absolute atomic E-state index is 10.6. The summed E-state index contributed by atoms with van der Waals surface area (Å²) < 4.78 is 1.65. The molecule has 0 aliphatic carbocycles. The number of halogens is 1. The molecule has 0 aromatic carbocycles. The molecule has 2 aromatic heterocycles. The van der Waals surface area contributed by atoms with Crippen molar-refractivity contribution in [2.75, 3.05) is 18.0 Å². The molecule has 3 heterocycles. The van der Waals surface area contributed by atoms with Gasteiger partial charge in [0.25, 0.3) is 0 Å². The van der Waals surface area contributed by atoms with E-state index in [1.54, 1.807) is 29.3 Å². The van der Waals surface area contributed by atoms with E-state index in [-0.39, 0.29) is 0 Å². The lowest BCUT2D eigenvalue weighted by Gasteiger charge is -2.23. The van der Waals surface area contributed by atoms with Crippen LogP contribution < -0.4 is 4.90 Å². The maximum atomic E-state index is 10.6. The van der Waals surface area contributed by atoms with Crippen molar-refractivity contribution in [1.82, 2.24) is 20.0 Å². The van der Waals surface area contributed by atoms with Crippen molar-refractivity contribution in [3.8, 4) is 0 Å². The van der Waals surface area contributed by atoms with Gasteiger partial charge in [0.1, 0.15) is 11.4 Å². The highest BCUT2D eigenvalue weighted by Gasteiger charge is 2.37. The van der Waals surface area contributed by atoms with Gasteiger partial charge in [-0.15, -0.1) is 5.10 Å². The van der Waals surface area contributed by atoms with E-state index in [9.17, 15) is 5.11 Å². The summed E-state index contributed by atoms with van der Waals surface area (Å²) in [5.74, 6) is 0.832. The quantitative estimate of drug-likeness (QED) is 0.907. The molecule has 19 heavy (non-hydrogen) atoms. The molecule has 100 valence electrons. The molecule has 0 amide bonds. The zero-order valence-electron chi connectivity index (χ0n) is 10.3. The first-order valence-corrected chi connectivity index (χ1v) is 6.45. The zero-order chi connectivity index (χ0) is 13.3. The molecule has 0 bridgehead atoms. The highest BCUT2D eigenvalue weighted by atomic mass is 35.5. The van der Waals surface area contributed by atoms with Crippen molar-refractivity contribution in [2.24, 2.45) is 0 Å². The topological polar surface area (TPSA) is 67.1 Å². The van der Waals surface area contributed by atoms with E-state index in [1.807, 2.05) is 11.0 Å². The van der Waals surface area contributed by atoms with Crippen LogP contribution in [0.25, 0.3) is 0 Å². The van der Waals surface area contributed by atoms with Gasteiger partial charge in [0.15, 0.2) is 0 Å². The fourth-order valence-electron chi connectivity index (χ4n) is 2.35. The van der Waals surface area contributed by atoms with E-state index in [1.165, 1.54) is 0 Å². The van der Waals surface area contributed by atoms with Crippen LogP contribution in [0, 0.1) is 0 Å². The number of β-amino-alcohol motifs (C(OH)–C–C–N with tert-alkyl or cyclic N) is 1. The Morgan fingerprint density at radius 3 is 3.00 bits per heavy atom. The highest BCUT2D eigenvalue weighted by Crippen LogP contribution is 2.27. The third-order valence-electron chi connectivity index (χ3n) is 3.30. The molecule has 7 heteroatoms. The molecule has 0 spiro atoms. The summed E-state index contributed by atoms with van der Waals surface area (Å²) in [6.45, 7) is 1.73. The molecular formula is C12H14ClN5O. The first kappa shape index (κ1) is 12.4. The van der Waals surface area contributed by atoms with Gasteiger partial charge in [-0.2, -0.15) is 0 Å². The van der Waals surface area contributed by atoms with Gasteiger partial charge in [-0.25, -0.2) is 9.67 Å². The summed E-state index contributed by atoms with van der Waals surface area (Å²) in [4.78, 5) is 6.32. The minimum absolute atomic E-state index is 0.442. The Hall–Kier alpha value is -1.66. The molecule has 1 atom stereocenters. The van der Waals surface area contributed by atoms with E-state index in [0.29, 0.717) is 24.5 Å². The number of pyridine rings is 1. The molecule has 3 rings (SSSR count). The van der Waals surface area contributed by atoms with Gasteiger partial charge in [-0.1, -0.05) is 16.8 Å². The lowest BCUT2D eigenvalue weighted by Crippen LogP contribution is -2.38. The van der Waals surface area contributed by atoms with E-state index >= 15 is 0 Å². The average molecular weight is 280 g/mol. The van der Waals surface area contributed by atoms with Crippen molar-refractivity contribution in [3.63, 3.8) is 0 Å². The van der Waals surface area contributed by atoms with E-state index in [0.717, 1.165) is 12.4 Å². The monoisotopic (exact) mass is 279 g/mol. The zero-order valence-corrected chi connectivity index (χ0v) is 11.0. The molecule has 1 N–H and O–H groups in total. The van der Waals surface area contributed by atoms with Crippen molar-refractivity contribution < 1.29 is 5.11 Å². The minimum Gasteiger partial charge on any atom is -0.386 e. The largest absolute Gasteiger partial charge is 0.386 e. The second kappa shape index (κ2) is 4.79. The summed E-state index contributed by atoms with van der Waals surface area (Å²) in [6, 6.07) is 3.67. The van der Waals surface area contributed by atoms with Crippen molar-refractivity contribution >= 4 is 17.4 Å². The predicted molar refractivity (Wildman–Crippen MR) is 71.0 cm³/mol. The normalized spacial score (nSPS) is 22.9. The van der Waals surface area contributed by atoms with Gasteiger partial charge in [0, 0.05) is 25.5 Å². The maximum Gasteiger partial charge on any atom is 0.128 e. The first-order chi connectivity index (χ1) is 9.15. The summed E-state index contributed by atoms with van der Waals surface area (Å²) in [5, 5.41) is 18.8. The molecule has 0 saturated carbocycles. The van der Waals surface area contributed by atoms with Gasteiger partial charge >= 0.3 is 0 Å². The number of aromatic nitrogens is 4. The van der Waals surface area contributed by atoms with Gasteiger partial charge in [-0.3, -0.25) is 0 Å². The van der Waals surface area contributed by atoms with Crippen molar-refractivity contribution in [2.45, 2.75) is 18.6 Å². The summed E-state index contributed by atoms with van der Waals surface area (Å²) in [6.07, 6.45) is 5.65. The van der Waals surface area contributed by atoms with E-state index < -0.39 is 5.60 Å². The Morgan fingerprint density at radius 1 is 1.42 bits per heavy atom. The SMILES string of the molecule is OC1(Cn2ccnn2)CCN(c2ccc(Cl)cn2)C1. The van der Waals surface area contributed by atoms with Crippen molar-refractivity contribution in [3.05, 3.63) is 35.7 Å². The third-order valence-corrected chi connectivity index (χ3v) is 3.52. The highest BCUT2D eigenvalue weighted by molar-refractivity contribution is 6.30. The van der Waals surface area contributed by atoms with Gasteiger partial charge < -0.3 is 10.0 Å². The third kappa shape index (κ3) is 2.69. The Kier molecular flexibility index (Phi) is 3.12. The second-order valence-corrected chi connectivity index (χ2v) is 5.27. The van der Waals surface area contributed by atoms with Crippen LogP contribution in [-0.4, -0.2) is 43.8 Å². The molecule has 2 aromatic rings.